The molecule has 0 bridgehead atoms. The van der Waals surface area contributed by atoms with Crippen molar-refractivity contribution in [1.82, 2.24) is 0 Å². The van der Waals surface area contributed by atoms with Gasteiger partial charge < -0.3 is 0 Å². The minimum atomic E-state index is 0.712. The number of benzene rings is 1. The Hall–Kier alpha value is -0.557. The molecular weight excluding hydrogens is 167 g/mol. The van der Waals surface area contributed by atoms with E-state index in [1.54, 1.807) is 0 Å². The first-order valence-electron chi connectivity index (χ1n) is 2.61. The molecule has 0 heterocycles. The predicted molar refractivity (Wildman–Crippen MR) is 31.5 cm³/mol. The van der Waals surface area contributed by atoms with Crippen LogP contribution in [0.4, 0.5) is 5.69 Å². The first-order valence-corrected chi connectivity index (χ1v) is 3.82. The van der Waals surface area contributed by atoms with Crippen LogP contribution in [0.1, 0.15) is 0 Å². The second kappa shape index (κ2) is 2.83. The van der Waals surface area contributed by atoms with E-state index in [0.717, 1.165) is 24.4 Å². The van der Waals surface area contributed by atoms with E-state index >= 15 is 0 Å². The molecule has 0 aliphatic heterocycles. The van der Waals surface area contributed by atoms with E-state index in [0.29, 0.717) is 5.69 Å². The van der Waals surface area contributed by atoms with Gasteiger partial charge in [-0.2, -0.15) is 0 Å². The van der Waals surface area contributed by atoms with Crippen LogP contribution < -0.4 is 9.30 Å². The van der Waals surface area contributed by atoms with Gasteiger partial charge in [0.1, 0.15) is 0 Å². The fourth-order valence-electron chi connectivity index (χ4n) is 0.612. The average Bonchev–Trinajstić information content (AvgIpc) is 1.89. The molecule has 43 valence electrons. The van der Waals surface area contributed by atoms with Crippen molar-refractivity contribution in [3.63, 3.8) is 0 Å². The van der Waals surface area contributed by atoms with Gasteiger partial charge in [0.15, 0.2) is 0 Å². The third-order valence-electron chi connectivity index (χ3n) is 1.07. The average molecular weight is 174 g/mol. The summed E-state index contributed by atoms with van der Waals surface area (Å²) in [5.41, 5.74) is 6.24. The zero-order chi connectivity index (χ0) is 6.69. The van der Waals surface area contributed by atoms with E-state index in [4.69, 9.17) is 9.30 Å². The van der Waals surface area contributed by atoms with Crippen molar-refractivity contribution in [3.8, 4) is 5.75 Å². The van der Waals surface area contributed by atoms with Crippen molar-refractivity contribution in [3.05, 3.63) is 24.3 Å². The Labute approximate surface area is 64.1 Å². The van der Waals surface area contributed by atoms with Crippen molar-refractivity contribution in [1.29, 1.82) is 0 Å². The summed E-state index contributed by atoms with van der Waals surface area (Å²) in [7, 11) is 0. The van der Waals surface area contributed by atoms with Crippen molar-refractivity contribution in [2.45, 2.75) is 0 Å². The van der Waals surface area contributed by atoms with Gasteiger partial charge >= 0.3 is 63.7 Å². The van der Waals surface area contributed by atoms with Gasteiger partial charge in [-0.15, -0.1) is 0 Å². The van der Waals surface area contributed by atoms with E-state index < -0.39 is 0 Å². The van der Waals surface area contributed by atoms with Crippen molar-refractivity contribution >= 4 is 5.69 Å². The van der Waals surface area contributed by atoms with E-state index in [1.165, 1.54) is 0 Å². The molecular formula is C6H6NOZn. The van der Waals surface area contributed by atoms with Crippen molar-refractivity contribution in [2.24, 2.45) is 0 Å². The Kier molecular flexibility index (Phi) is 2.07. The quantitative estimate of drug-likeness (QED) is 0.510. The van der Waals surface area contributed by atoms with Crippen LogP contribution in [0.5, 0.6) is 5.75 Å². The van der Waals surface area contributed by atoms with Crippen molar-refractivity contribution < 1.29 is 22.2 Å². The van der Waals surface area contributed by atoms with Crippen LogP contribution in [-0.2, 0) is 18.7 Å². The summed E-state index contributed by atoms with van der Waals surface area (Å²) in [6, 6.07) is 7.48. The number of hydrogen-bond acceptors (Lipinski definition) is 2. The summed E-state index contributed by atoms with van der Waals surface area (Å²) in [5, 5.41) is 0. The Bertz CT molecular complexity index is 202. The number of nitrogens with two attached hydrogens (primary N) is 1. The van der Waals surface area contributed by atoms with Crippen molar-refractivity contribution in [2.75, 3.05) is 5.73 Å². The summed E-state index contributed by atoms with van der Waals surface area (Å²) < 4.78 is 5.04. The van der Waals surface area contributed by atoms with E-state index in [-0.39, 0.29) is 0 Å². The topological polar surface area (TPSA) is 35.2 Å². The van der Waals surface area contributed by atoms with Crippen LogP contribution in [0.2, 0.25) is 0 Å². The minimum absolute atomic E-state index is 0.712. The van der Waals surface area contributed by atoms with Gasteiger partial charge in [0.25, 0.3) is 0 Å². The molecule has 0 saturated carbocycles. The number of anilines is 1. The molecule has 0 radical (unpaired) electrons. The third kappa shape index (κ3) is 1.42. The van der Waals surface area contributed by atoms with Crippen LogP contribution >= 0.6 is 0 Å². The summed E-state index contributed by atoms with van der Waals surface area (Å²) >= 11 is 0.786. The molecule has 1 aromatic carbocycles. The SMILES string of the molecule is Nc1ccccc1[O][Zn]. The molecule has 1 rings (SSSR count). The first-order chi connectivity index (χ1) is 4.34. The molecule has 0 aliphatic carbocycles. The number of rotatable bonds is 1. The van der Waals surface area contributed by atoms with E-state index in [2.05, 4.69) is 0 Å². The molecule has 0 amide bonds. The molecule has 2 N–H and O–H groups in total. The zero-order valence-electron chi connectivity index (χ0n) is 5.00. The van der Waals surface area contributed by atoms with Gasteiger partial charge in [-0.05, 0) is 0 Å². The molecule has 0 unspecified atom stereocenters. The second-order valence-electron chi connectivity index (χ2n) is 1.68. The Balaban J connectivity index is 3.01. The summed E-state index contributed by atoms with van der Waals surface area (Å²) in [5.74, 6) is 0.789. The Morgan fingerprint density at radius 1 is 1.33 bits per heavy atom. The normalized spacial score (nSPS) is 9.11. The second-order valence-corrected chi connectivity index (χ2v) is 2.29. The Morgan fingerprint density at radius 2 is 2.00 bits per heavy atom. The van der Waals surface area contributed by atoms with Crippen LogP contribution in [0.25, 0.3) is 0 Å². The summed E-state index contributed by atoms with van der Waals surface area (Å²) in [4.78, 5) is 0. The molecule has 2 nitrogen and oxygen atoms in total. The van der Waals surface area contributed by atoms with Crippen LogP contribution in [0, 0.1) is 0 Å². The number of para-hydroxylation sites is 2. The van der Waals surface area contributed by atoms with Gasteiger partial charge in [-0.25, -0.2) is 0 Å². The van der Waals surface area contributed by atoms with Crippen LogP contribution in [-0.4, -0.2) is 0 Å². The van der Waals surface area contributed by atoms with Gasteiger partial charge in [0.2, 0.25) is 0 Å². The fourth-order valence-corrected chi connectivity index (χ4v) is 1.16. The van der Waals surface area contributed by atoms with Gasteiger partial charge in [0.05, 0.1) is 0 Å². The number of nitrogen functional groups attached to an aromatic ring is 1. The van der Waals surface area contributed by atoms with E-state index in [1.807, 2.05) is 24.3 Å². The van der Waals surface area contributed by atoms with Crippen LogP contribution in [0.3, 0.4) is 0 Å². The molecule has 3 heteroatoms. The number of hydrogen-bond donors (Lipinski definition) is 1. The molecule has 9 heavy (non-hydrogen) atoms. The molecule has 1 aromatic rings. The Morgan fingerprint density at radius 3 is 2.44 bits per heavy atom. The first kappa shape index (κ1) is 6.56. The molecule has 0 fully saturated rings. The van der Waals surface area contributed by atoms with E-state index in [9.17, 15) is 0 Å². The molecule has 0 aliphatic rings. The molecule has 0 saturated heterocycles. The monoisotopic (exact) mass is 172 g/mol. The maximum absolute atomic E-state index is 5.53. The predicted octanol–water partition coefficient (Wildman–Crippen LogP) is 1.11. The van der Waals surface area contributed by atoms with Crippen LogP contribution in [0.15, 0.2) is 24.3 Å². The summed E-state index contributed by atoms with van der Waals surface area (Å²) in [6.07, 6.45) is 0. The summed E-state index contributed by atoms with van der Waals surface area (Å²) in [6.45, 7) is 0. The molecule has 0 aromatic heterocycles. The van der Waals surface area contributed by atoms with Gasteiger partial charge in [0, 0.05) is 0 Å². The van der Waals surface area contributed by atoms with Gasteiger partial charge in [-0.1, -0.05) is 0 Å². The maximum atomic E-state index is 5.53. The van der Waals surface area contributed by atoms with Gasteiger partial charge in [-0.3, -0.25) is 0 Å². The third-order valence-corrected chi connectivity index (χ3v) is 1.73. The molecule has 0 spiro atoms. The zero-order valence-corrected chi connectivity index (χ0v) is 7.97. The standard InChI is InChI=1S/C6H7NO.Zn/c7-5-3-1-2-4-6(5)8;/h1-4,8H,7H2;/q;+1/p-1. The molecule has 0 atom stereocenters. The fraction of sp³-hybridized carbons (Fsp3) is 0.